The predicted molar refractivity (Wildman–Crippen MR) is 47.2 cm³/mol. The summed E-state index contributed by atoms with van der Waals surface area (Å²) in [5, 5.41) is 28.2. The van der Waals surface area contributed by atoms with Crippen LogP contribution in [0.25, 0.3) is 0 Å². The first kappa shape index (κ1) is 10.9. The number of rotatable bonds is 2. The van der Waals surface area contributed by atoms with Gasteiger partial charge in [0.05, 0.1) is 12.2 Å². The molecule has 0 amide bonds. The van der Waals surface area contributed by atoms with Gasteiger partial charge in [-0.15, -0.1) is 0 Å². The normalized spacial score (nSPS) is 46.4. The van der Waals surface area contributed by atoms with Crippen LogP contribution in [0.2, 0.25) is 0 Å². The van der Waals surface area contributed by atoms with E-state index in [4.69, 9.17) is 9.84 Å². The largest absolute Gasteiger partial charge is 0.396 e. The lowest BCUT2D eigenvalue weighted by molar-refractivity contribution is -0.142. The van der Waals surface area contributed by atoms with Crippen molar-refractivity contribution in [2.45, 2.75) is 31.7 Å². The van der Waals surface area contributed by atoms with Crippen LogP contribution in [0.15, 0.2) is 0 Å². The van der Waals surface area contributed by atoms with Gasteiger partial charge >= 0.3 is 0 Å². The third-order valence-corrected chi connectivity index (χ3v) is 3.09. The lowest BCUT2D eigenvalue weighted by atomic mass is 9.76. The van der Waals surface area contributed by atoms with E-state index in [9.17, 15) is 10.2 Å². The third-order valence-electron chi connectivity index (χ3n) is 3.09. The molecular weight excluding hydrogens is 172 g/mol. The van der Waals surface area contributed by atoms with Crippen molar-refractivity contribution in [3.8, 4) is 0 Å². The Kier molecular flexibility index (Phi) is 3.67. The molecule has 1 saturated carbocycles. The van der Waals surface area contributed by atoms with Crippen molar-refractivity contribution in [3.05, 3.63) is 0 Å². The first-order valence-electron chi connectivity index (χ1n) is 4.61. The lowest BCUT2D eigenvalue weighted by Crippen LogP contribution is -2.51. The smallest absolute Gasteiger partial charge is 0.106 e. The highest BCUT2D eigenvalue weighted by atomic mass is 16.5. The number of ether oxygens (including phenoxy) is 1. The van der Waals surface area contributed by atoms with Gasteiger partial charge in [-0.3, -0.25) is 0 Å². The minimum Gasteiger partial charge on any atom is -0.396 e. The van der Waals surface area contributed by atoms with E-state index in [1.165, 1.54) is 7.11 Å². The molecule has 0 bridgehead atoms. The van der Waals surface area contributed by atoms with Crippen LogP contribution in [-0.2, 0) is 4.74 Å². The molecule has 0 spiro atoms. The Morgan fingerprint density at radius 1 is 1.31 bits per heavy atom. The molecule has 0 saturated heterocycles. The average molecular weight is 190 g/mol. The molecule has 1 aliphatic rings. The highest BCUT2D eigenvalue weighted by Crippen LogP contribution is 2.31. The fourth-order valence-corrected chi connectivity index (χ4v) is 1.94. The Hall–Kier alpha value is -0.160. The Balaban J connectivity index is 2.66. The zero-order valence-electron chi connectivity index (χ0n) is 8.05. The van der Waals surface area contributed by atoms with Crippen molar-refractivity contribution in [1.82, 2.24) is 0 Å². The molecule has 4 heteroatoms. The van der Waals surface area contributed by atoms with E-state index in [2.05, 4.69) is 0 Å². The van der Waals surface area contributed by atoms with Gasteiger partial charge in [-0.2, -0.15) is 0 Å². The number of hydrogen-bond acceptors (Lipinski definition) is 4. The number of hydrogen-bond donors (Lipinski definition) is 3. The molecule has 1 fully saturated rings. The van der Waals surface area contributed by atoms with Gasteiger partial charge in [0.25, 0.3) is 0 Å². The van der Waals surface area contributed by atoms with Gasteiger partial charge in [-0.25, -0.2) is 0 Å². The van der Waals surface area contributed by atoms with Crippen molar-refractivity contribution in [1.29, 1.82) is 0 Å². The van der Waals surface area contributed by atoms with Gasteiger partial charge < -0.3 is 20.1 Å². The van der Waals surface area contributed by atoms with Gasteiger partial charge in [0.15, 0.2) is 0 Å². The summed E-state index contributed by atoms with van der Waals surface area (Å²) in [6.45, 7) is 1.87. The maximum atomic E-state index is 9.61. The second-order valence-corrected chi connectivity index (χ2v) is 3.79. The summed E-state index contributed by atoms with van der Waals surface area (Å²) in [5.41, 5.74) is 0. The minimum atomic E-state index is -0.831. The average Bonchev–Trinajstić information content (AvgIpc) is 2.15. The highest BCUT2D eigenvalue weighted by Gasteiger charge is 2.40. The summed E-state index contributed by atoms with van der Waals surface area (Å²) in [4.78, 5) is 0. The van der Waals surface area contributed by atoms with Crippen LogP contribution < -0.4 is 0 Å². The fraction of sp³-hybridized carbons (Fsp3) is 1.00. The quantitative estimate of drug-likeness (QED) is 0.542. The number of methoxy groups -OCH3 is 1. The van der Waals surface area contributed by atoms with E-state index in [-0.39, 0.29) is 24.5 Å². The fourth-order valence-electron chi connectivity index (χ4n) is 1.94. The van der Waals surface area contributed by atoms with Crippen molar-refractivity contribution >= 4 is 0 Å². The van der Waals surface area contributed by atoms with Crippen molar-refractivity contribution < 1.29 is 20.1 Å². The maximum absolute atomic E-state index is 9.61. The molecule has 0 aliphatic heterocycles. The van der Waals surface area contributed by atoms with Crippen LogP contribution in [0.5, 0.6) is 0 Å². The maximum Gasteiger partial charge on any atom is 0.106 e. The molecular formula is C9H18O4. The van der Waals surface area contributed by atoms with Crippen LogP contribution in [0, 0.1) is 11.8 Å². The molecule has 4 nitrogen and oxygen atoms in total. The molecule has 5 atom stereocenters. The summed E-state index contributed by atoms with van der Waals surface area (Å²) in [6, 6.07) is 0. The monoisotopic (exact) mass is 190 g/mol. The van der Waals surface area contributed by atoms with E-state index in [1.54, 1.807) is 0 Å². The van der Waals surface area contributed by atoms with E-state index < -0.39 is 12.2 Å². The second-order valence-electron chi connectivity index (χ2n) is 3.79. The lowest BCUT2D eigenvalue weighted by Gasteiger charge is -2.40. The van der Waals surface area contributed by atoms with Crippen LogP contribution in [0.1, 0.15) is 13.3 Å². The Labute approximate surface area is 78.1 Å². The van der Waals surface area contributed by atoms with Crippen LogP contribution in [0.3, 0.4) is 0 Å². The van der Waals surface area contributed by atoms with E-state index >= 15 is 0 Å². The van der Waals surface area contributed by atoms with Crippen molar-refractivity contribution in [2.75, 3.05) is 13.7 Å². The zero-order chi connectivity index (χ0) is 10.0. The summed E-state index contributed by atoms with van der Waals surface area (Å²) in [7, 11) is 1.50. The molecule has 0 aromatic carbocycles. The summed E-state index contributed by atoms with van der Waals surface area (Å²) < 4.78 is 5.03. The van der Waals surface area contributed by atoms with E-state index in [0.29, 0.717) is 6.42 Å². The minimum absolute atomic E-state index is 0.0170. The van der Waals surface area contributed by atoms with E-state index in [1.807, 2.05) is 6.92 Å². The summed E-state index contributed by atoms with van der Waals surface area (Å²) >= 11 is 0. The first-order chi connectivity index (χ1) is 6.11. The van der Waals surface area contributed by atoms with Gasteiger partial charge in [-0.05, 0) is 18.3 Å². The highest BCUT2D eigenvalue weighted by molar-refractivity contribution is 4.90. The number of aliphatic hydroxyl groups excluding tert-OH is 3. The van der Waals surface area contributed by atoms with Crippen molar-refractivity contribution in [3.63, 3.8) is 0 Å². The number of aliphatic hydroxyl groups is 3. The van der Waals surface area contributed by atoms with Gasteiger partial charge in [0, 0.05) is 13.7 Å². The molecule has 0 aromatic rings. The standard InChI is InChI=1S/C9H18O4/c1-5-6(4-10)3-7(13-2)9(12)8(5)11/h5-12H,3-4H2,1-2H3/t5-,6?,7+,8-,9?/m0/s1. The van der Waals surface area contributed by atoms with Crippen LogP contribution in [0.4, 0.5) is 0 Å². The van der Waals surface area contributed by atoms with Gasteiger partial charge in [0.1, 0.15) is 6.10 Å². The topological polar surface area (TPSA) is 69.9 Å². The SMILES string of the molecule is CO[C@@H]1CC(CO)[C@H](C)[C@H](O)C1O. The molecule has 78 valence electrons. The van der Waals surface area contributed by atoms with E-state index in [0.717, 1.165) is 0 Å². The Morgan fingerprint density at radius 2 is 1.92 bits per heavy atom. The molecule has 3 N–H and O–H groups in total. The first-order valence-corrected chi connectivity index (χ1v) is 4.61. The molecule has 0 aromatic heterocycles. The third kappa shape index (κ3) is 2.02. The van der Waals surface area contributed by atoms with Gasteiger partial charge in [0.2, 0.25) is 0 Å². The predicted octanol–water partition coefficient (Wildman–Crippen LogP) is -0.629. The summed E-state index contributed by atoms with van der Waals surface area (Å²) in [5.74, 6) is -0.0604. The Bertz CT molecular complexity index is 142. The molecule has 2 unspecified atom stereocenters. The molecule has 0 radical (unpaired) electrons. The van der Waals surface area contributed by atoms with Crippen LogP contribution in [-0.4, -0.2) is 47.3 Å². The van der Waals surface area contributed by atoms with Gasteiger partial charge in [-0.1, -0.05) is 6.92 Å². The zero-order valence-corrected chi connectivity index (χ0v) is 8.05. The molecule has 1 aliphatic carbocycles. The Morgan fingerprint density at radius 3 is 2.38 bits per heavy atom. The van der Waals surface area contributed by atoms with Crippen LogP contribution >= 0.6 is 0 Å². The second kappa shape index (κ2) is 4.37. The molecule has 13 heavy (non-hydrogen) atoms. The van der Waals surface area contributed by atoms with Crippen molar-refractivity contribution in [2.24, 2.45) is 11.8 Å². The molecule has 0 heterocycles. The molecule has 1 rings (SSSR count). The summed E-state index contributed by atoms with van der Waals surface area (Å²) in [6.07, 6.45) is -1.38.